The van der Waals surface area contributed by atoms with E-state index in [0.717, 1.165) is 42.5 Å². The van der Waals surface area contributed by atoms with E-state index in [9.17, 15) is 9.59 Å². The maximum absolute atomic E-state index is 12.2. The monoisotopic (exact) mass is 437 g/mol. The van der Waals surface area contributed by atoms with E-state index in [0.29, 0.717) is 12.3 Å². The molecule has 170 valence electrons. The van der Waals surface area contributed by atoms with Crippen LogP contribution in [0.2, 0.25) is 0 Å². The van der Waals surface area contributed by atoms with Crippen molar-refractivity contribution in [2.75, 3.05) is 13.2 Å². The standard InChI is InChI=1S/C25H31N3O4/c1-19(2)32-25(30)17-28-22-14-9-8-13-21(22)27-23(28)15-7-4-10-16-26-24(29)18-31-20-11-5-3-6-12-20/h3,5-6,8-9,11-14,19H,4,7,10,15-18H2,1-2H3,(H,26,29). The van der Waals surface area contributed by atoms with Crippen LogP contribution in [0.1, 0.15) is 38.9 Å². The molecule has 7 heteroatoms. The molecule has 0 unspecified atom stereocenters. The zero-order valence-electron chi connectivity index (χ0n) is 18.8. The highest BCUT2D eigenvalue weighted by atomic mass is 16.5. The number of imidazole rings is 1. The third kappa shape index (κ3) is 7.11. The molecule has 0 radical (unpaired) electrons. The molecule has 1 amide bonds. The molecule has 0 fully saturated rings. The SMILES string of the molecule is CC(C)OC(=O)Cn1c(CCCCCNC(=O)COc2ccccc2)nc2ccccc21. The van der Waals surface area contributed by atoms with Gasteiger partial charge in [0.1, 0.15) is 18.1 Å². The second kappa shape index (κ2) is 11.9. The van der Waals surface area contributed by atoms with Crippen molar-refractivity contribution < 1.29 is 19.1 Å². The van der Waals surface area contributed by atoms with Crippen molar-refractivity contribution in [2.45, 2.75) is 52.2 Å². The fourth-order valence-electron chi connectivity index (χ4n) is 3.45. The smallest absolute Gasteiger partial charge is 0.326 e. The molecule has 0 saturated heterocycles. The molecule has 1 heterocycles. The highest BCUT2D eigenvalue weighted by molar-refractivity contribution is 5.79. The van der Waals surface area contributed by atoms with Crippen LogP contribution in [0.15, 0.2) is 54.6 Å². The number of aromatic nitrogens is 2. The van der Waals surface area contributed by atoms with Crippen LogP contribution < -0.4 is 10.1 Å². The van der Waals surface area contributed by atoms with Gasteiger partial charge in [-0.15, -0.1) is 0 Å². The number of fused-ring (bicyclic) bond motifs is 1. The van der Waals surface area contributed by atoms with Gasteiger partial charge in [-0.05, 0) is 51.0 Å². The number of hydrogen-bond acceptors (Lipinski definition) is 5. The molecular weight excluding hydrogens is 406 g/mol. The lowest BCUT2D eigenvalue weighted by Crippen LogP contribution is -2.29. The van der Waals surface area contributed by atoms with Crippen LogP contribution in [-0.4, -0.2) is 40.7 Å². The number of nitrogens with one attached hydrogen (secondary N) is 1. The van der Waals surface area contributed by atoms with Gasteiger partial charge in [-0.25, -0.2) is 4.98 Å². The maximum Gasteiger partial charge on any atom is 0.326 e. The first-order valence-electron chi connectivity index (χ1n) is 11.1. The number of amides is 1. The Morgan fingerprint density at radius 1 is 1.00 bits per heavy atom. The maximum atomic E-state index is 12.2. The normalized spacial score (nSPS) is 11.0. The lowest BCUT2D eigenvalue weighted by molar-refractivity contribution is -0.148. The molecule has 0 atom stereocenters. The van der Waals surface area contributed by atoms with E-state index in [-0.39, 0.29) is 31.1 Å². The molecule has 0 aliphatic heterocycles. The van der Waals surface area contributed by atoms with Gasteiger partial charge < -0.3 is 19.4 Å². The van der Waals surface area contributed by atoms with E-state index < -0.39 is 0 Å². The summed E-state index contributed by atoms with van der Waals surface area (Å²) < 4.78 is 12.7. The first-order valence-corrected chi connectivity index (χ1v) is 11.1. The quantitative estimate of drug-likeness (QED) is 0.343. The minimum atomic E-state index is -0.259. The van der Waals surface area contributed by atoms with Crippen molar-refractivity contribution >= 4 is 22.9 Å². The van der Waals surface area contributed by atoms with E-state index >= 15 is 0 Å². The lowest BCUT2D eigenvalue weighted by atomic mass is 10.2. The van der Waals surface area contributed by atoms with Gasteiger partial charge in [-0.3, -0.25) is 9.59 Å². The predicted molar refractivity (Wildman–Crippen MR) is 123 cm³/mol. The fraction of sp³-hybridized carbons (Fsp3) is 0.400. The molecule has 0 aliphatic rings. The Balaban J connectivity index is 1.42. The molecule has 1 aromatic heterocycles. The highest BCUT2D eigenvalue weighted by Crippen LogP contribution is 2.18. The number of carbonyl (C=O) groups is 2. The summed E-state index contributed by atoms with van der Waals surface area (Å²) in [4.78, 5) is 28.8. The van der Waals surface area contributed by atoms with Gasteiger partial charge in [-0.2, -0.15) is 0 Å². The predicted octanol–water partition coefficient (Wildman–Crippen LogP) is 3.90. The number of benzene rings is 2. The van der Waals surface area contributed by atoms with Crippen molar-refractivity contribution in [2.24, 2.45) is 0 Å². The molecule has 0 aliphatic carbocycles. The van der Waals surface area contributed by atoms with Crippen LogP contribution in [0.4, 0.5) is 0 Å². The Bertz CT molecular complexity index is 1010. The molecule has 32 heavy (non-hydrogen) atoms. The number of hydrogen-bond donors (Lipinski definition) is 1. The zero-order valence-corrected chi connectivity index (χ0v) is 18.8. The number of unbranched alkanes of at least 4 members (excludes halogenated alkanes) is 2. The molecule has 0 spiro atoms. The van der Waals surface area contributed by atoms with Crippen LogP contribution in [0.25, 0.3) is 11.0 Å². The number of ether oxygens (including phenoxy) is 2. The summed E-state index contributed by atoms with van der Waals surface area (Å²) in [7, 11) is 0. The van der Waals surface area contributed by atoms with E-state index in [1.807, 2.05) is 73.0 Å². The van der Waals surface area contributed by atoms with Crippen LogP contribution in [0.3, 0.4) is 0 Å². The number of rotatable bonds is 12. The first kappa shape index (κ1) is 23.3. The van der Waals surface area contributed by atoms with E-state index in [2.05, 4.69) is 5.32 Å². The molecule has 3 aromatic rings. The average Bonchev–Trinajstić information content (AvgIpc) is 3.12. The third-order valence-electron chi connectivity index (χ3n) is 4.90. The summed E-state index contributed by atoms with van der Waals surface area (Å²) in [5.41, 5.74) is 1.82. The van der Waals surface area contributed by atoms with Gasteiger partial charge in [0.15, 0.2) is 6.61 Å². The molecule has 3 rings (SSSR count). The molecule has 1 N–H and O–H groups in total. The molecule has 0 saturated carbocycles. The topological polar surface area (TPSA) is 82.5 Å². The van der Waals surface area contributed by atoms with Crippen LogP contribution in [0.5, 0.6) is 5.75 Å². The summed E-state index contributed by atoms with van der Waals surface area (Å²) in [6, 6.07) is 17.1. The van der Waals surface area contributed by atoms with Gasteiger partial charge in [0.05, 0.1) is 17.1 Å². The third-order valence-corrected chi connectivity index (χ3v) is 4.90. The van der Waals surface area contributed by atoms with Gasteiger partial charge in [0.2, 0.25) is 0 Å². The van der Waals surface area contributed by atoms with Crippen molar-refractivity contribution in [1.29, 1.82) is 0 Å². The van der Waals surface area contributed by atoms with Crippen molar-refractivity contribution in [1.82, 2.24) is 14.9 Å². The average molecular weight is 438 g/mol. The highest BCUT2D eigenvalue weighted by Gasteiger charge is 2.15. The van der Waals surface area contributed by atoms with E-state index in [1.54, 1.807) is 0 Å². The lowest BCUT2D eigenvalue weighted by Gasteiger charge is -2.11. The fourth-order valence-corrected chi connectivity index (χ4v) is 3.45. The molecule has 7 nitrogen and oxygen atoms in total. The number of esters is 1. The van der Waals surface area contributed by atoms with Crippen LogP contribution in [-0.2, 0) is 27.3 Å². The van der Waals surface area contributed by atoms with E-state index in [1.165, 1.54) is 0 Å². The van der Waals surface area contributed by atoms with Gasteiger partial charge >= 0.3 is 5.97 Å². The van der Waals surface area contributed by atoms with Gasteiger partial charge in [-0.1, -0.05) is 36.8 Å². The molecule has 0 bridgehead atoms. The minimum absolute atomic E-state index is 0.0144. The Hall–Kier alpha value is -3.35. The van der Waals surface area contributed by atoms with Gasteiger partial charge in [0, 0.05) is 13.0 Å². The number of nitrogens with zero attached hydrogens (tertiary/aromatic N) is 2. The number of para-hydroxylation sites is 3. The van der Waals surface area contributed by atoms with Crippen molar-refractivity contribution in [3.63, 3.8) is 0 Å². The Labute approximate surface area is 188 Å². The number of carbonyl (C=O) groups excluding carboxylic acids is 2. The Morgan fingerprint density at radius 3 is 2.53 bits per heavy atom. The Morgan fingerprint density at radius 2 is 1.75 bits per heavy atom. The van der Waals surface area contributed by atoms with Gasteiger partial charge in [0.25, 0.3) is 5.91 Å². The summed E-state index contributed by atoms with van der Waals surface area (Å²) in [6.45, 7) is 4.47. The van der Waals surface area contributed by atoms with Crippen LogP contribution in [0, 0.1) is 0 Å². The van der Waals surface area contributed by atoms with E-state index in [4.69, 9.17) is 14.5 Å². The summed E-state index contributed by atoms with van der Waals surface area (Å²) in [5.74, 6) is 1.18. The zero-order chi connectivity index (χ0) is 22.8. The van der Waals surface area contributed by atoms with Crippen molar-refractivity contribution in [3.05, 3.63) is 60.4 Å². The number of aryl methyl sites for hydroxylation is 1. The largest absolute Gasteiger partial charge is 0.484 e. The van der Waals surface area contributed by atoms with Crippen molar-refractivity contribution in [3.8, 4) is 5.75 Å². The summed E-state index contributed by atoms with van der Waals surface area (Å²) in [5, 5.41) is 2.88. The Kier molecular flexibility index (Phi) is 8.66. The second-order valence-electron chi connectivity index (χ2n) is 7.90. The first-order chi connectivity index (χ1) is 15.5. The molecular formula is C25H31N3O4. The summed E-state index contributed by atoms with van der Waals surface area (Å²) >= 11 is 0. The summed E-state index contributed by atoms with van der Waals surface area (Å²) in [6.07, 6.45) is 3.34. The molecule has 2 aromatic carbocycles. The second-order valence-corrected chi connectivity index (χ2v) is 7.90. The van der Waals surface area contributed by atoms with Crippen LogP contribution >= 0.6 is 0 Å². The minimum Gasteiger partial charge on any atom is -0.484 e.